The lowest BCUT2D eigenvalue weighted by molar-refractivity contribution is -0.119. The molecule has 2 aromatic heterocycles. The maximum absolute atomic E-state index is 13.0. The van der Waals surface area contributed by atoms with Crippen molar-refractivity contribution in [2.24, 2.45) is 13.0 Å². The molecule has 10 nitrogen and oxygen atoms in total. The molecule has 2 heterocycles. The summed E-state index contributed by atoms with van der Waals surface area (Å²) in [6, 6.07) is -0.423. The molecule has 1 saturated carbocycles. The van der Waals surface area contributed by atoms with E-state index in [1.54, 1.807) is 13.8 Å². The van der Waals surface area contributed by atoms with E-state index >= 15 is 0 Å². The maximum Gasteiger partial charge on any atom is 0.332 e. The summed E-state index contributed by atoms with van der Waals surface area (Å²) in [5.41, 5.74) is -0.699. The van der Waals surface area contributed by atoms with Gasteiger partial charge in [0, 0.05) is 19.6 Å². The molecule has 3 rings (SSSR count). The summed E-state index contributed by atoms with van der Waals surface area (Å²) in [5, 5.41) is 5.06. The highest BCUT2D eigenvalue weighted by Gasteiger charge is 2.24. The Bertz CT molecular complexity index is 1170. The number of rotatable bonds is 6. The lowest BCUT2D eigenvalue weighted by atomic mass is 9.96. The number of nitrogens with zero attached hydrogens (tertiary/aromatic N) is 4. The number of nitrogens with one attached hydrogen (secondary N) is 2. The highest BCUT2D eigenvalue weighted by Crippen LogP contribution is 2.26. The van der Waals surface area contributed by atoms with Gasteiger partial charge >= 0.3 is 11.7 Å². The summed E-state index contributed by atoms with van der Waals surface area (Å²) in [6.45, 7) is 7.65. The van der Waals surface area contributed by atoms with Crippen LogP contribution in [-0.4, -0.2) is 42.3 Å². The van der Waals surface area contributed by atoms with Crippen molar-refractivity contribution in [1.29, 1.82) is 0 Å². The summed E-state index contributed by atoms with van der Waals surface area (Å²) in [7, 11) is 1.42. The van der Waals surface area contributed by atoms with E-state index < -0.39 is 28.4 Å². The smallest absolute Gasteiger partial charge is 0.332 e. The number of hydrogen-bond donors (Lipinski definition) is 2. The van der Waals surface area contributed by atoms with E-state index in [1.807, 2.05) is 13.8 Å². The molecule has 0 saturated heterocycles. The third-order valence-electron chi connectivity index (χ3n) is 5.64. The van der Waals surface area contributed by atoms with E-state index in [2.05, 4.69) is 20.6 Å². The average molecular weight is 477 g/mol. The molecule has 0 radical (unpaired) electrons. The van der Waals surface area contributed by atoms with E-state index in [-0.39, 0.29) is 23.0 Å². The summed E-state index contributed by atoms with van der Waals surface area (Å²) in [5.74, 6) is 0.0602. The molecule has 180 valence electrons. The van der Waals surface area contributed by atoms with Crippen LogP contribution in [0.25, 0.3) is 11.0 Å². The number of carbonyl (C=O) groups excluding carboxylic acids is 2. The Hall–Kier alpha value is -2.69. The van der Waals surface area contributed by atoms with Crippen molar-refractivity contribution in [2.75, 3.05) is 0 Å². The van der Waals surface area contributed by atoms with E-state index in [0.29, 0.717) is 17.4 Å². The minimum Gasteiger partial charge on any atom is -0.335 e. The lowest BCUT2D eigenvalue weighted by Crippen LogP contribution is -2.47. The van der Waals surface area contributed by atoms with E-state index in [4.69, 9.17) is 0 Å². The molecule has 1 aliphatic rings. The first kappa shape index (κ1) is 24.9. The minimum absolute atomic E-state index is 0.0867. The number of fused-ring (bicyclic) bond motifs is 1. The molecule has 2 N–H and O–H groups in total. The molecule has 3 amide bonds. The van der Waals surface area contributed by atoms with Crippen molar-refractivity contribution in [3.8, 4) is 0 Å². The van der Waals surface area contributed by atoms with Crippen LogP contribution in [0.5, 0.6) is 0 Å². The summed E-state index contributed by atoms with van der Waals surface area (Å²) < 4.78 is 2.51. The quantitative estimate of drug-likeness (QED) is 0.483. The molecule has 1 atom stereocenters. The van der Waals surface area contributed by atoms with Crippen LogP contribution in [0.2, 0.25) is 0 Å². The maximum atomic E-state index is 13.0. The molecular formula is C22H32N6O4S. The Balaban J connectivity index is 1.86. The highest BCUT2D eigenvalue weighted by molar-refractivity contribution is 8.00. The van der Waals surface area contributed by atoms with Crippen molar-refractivity contribution in [3.63, 3.8) is 0 Å². The predicted octanol–water partition coefficient (Wildman–Crippen LogP) is 2.09. The number of carbonyl (C=O) groups is 2. The second kappa shape index (κ2) is 10.5. The van der Waals surface area contributed by atoms with Crippen LogP contribution >= 0.6 is 11.8 Å². The first-order chi connectivity index (χ1) is 15.6. The number of aromatic nitrogens is 4. The molecule has 11 heteroatoms. The summed E-state index contributed by atoms with van der Waals surface area (Å²) in [6.07, 6.45) is 5.15. The molecule has 0 spiro atoms. The Labute approximate surface area is 196 Å². The molecule has 0 bridgehead atoms. The van der Waals surface area contributed by atoms with Crippen LogP contribution in [0.4, 0.5) is 4.79 Å². The van der Waals surface area contributed by atoms with Gasteiger partial charge in [-0.2, -0.15) is 0 Å². The monoisotopic (exact) mass is 476 g/mol. The minimum atomic E-state index is -0.699. The Morgan fingerprint density at radius 3 is 2.42 bits per heavy atom. The van der Waals surface area contributed by atoms with E-state index in [1.165, 1.54) is 18.0 Å². The fourth-order valence-electron chi connectivity index (χ4n) is 3.96. The van der Waals surface area contributed by atoms with Crippen molar-refractivity contribution >= 4 is 34.7 Å². The van der Waals surface area contributed by atoms with E-state index in [0.717, 1.165) is 42.0 Å². The molecule has 1 aliphatic carbocycles. The molecule has 0 aliphatic heterocycles. The van der Waals surface area contributed by atoms with Gasteiger partial charge in [-0.15, -0.1) is 0 Å². The molecule has 33 heavy (non-hydrogen) atoms. The second-order valence-corrected chi connectivity index (χ2v) is 10.3. The summed E-state index contributed by atoms with van der Waals surface area (Å²) in [4.78, 5) is 59.4. The number of urea groups is 1. The number of thioether (sulfide) groups is 1. The van der Waals surface area contributed by atoms with Gasteiger partial charge in [-0.3, -0.25) is 24.0 Å². The zero-order chi connectivity index (χ0) is 24.3. The Morgan fingerprint density at radius 1 is 1.12 bits per heavy atom. The SMILES string of the molecule is Cc1nc(S[C@@H](C)C(=O)NC(=O)NC2CCCCC2)c2c(=O)n(C)c(=O)n(CC(C)C)c2n1. The number of hydrogen-bond acceptors (Lipinski definition) is 7. The van der Waals surface area contributed by atoms with Gasteiger partial charge in [0.1, 0.15) is 16.2 Å². The Kier molecular flexibility index (Phi) is 7.93. The van der Waals surface area contributed by atoms with Crippen LogP contribution < -0.4 is 21.9 Å². The van der Waals surface area contributed by atoms with Gasteiger partial charge in [-0.05, 0) is 32.6 Å². The fraction of sp³-hybridized carbons (Fsp3) is 0.636. The van der Waals surface area contributed by atoms with Gasteiger partial charge in [0.25, 0.3) is 5.56 Å². The van der Waals surface area contributed by atoms with Gasteiger partial charge in [0.05, 0.1) is 5.25 Å². The average Bonchev–Trinajstić information content (AvgIpc) is 2.75. The van der Waals surface area contributed by atoms with Crippen LogP contribution in [0.1, 0.15) is 58.7 Å². The lowest BCUT2D eigenvalue weighted by Gasteiger charge is -2.23. The summed E-state index contributed by atoms with van der Waals surface area (Å²) >= 11 is 1.07. The predicted molar refractivity (Wildman–Crippen MR) is 127 cm³/mol. The molecule has 1 fully saturated rings. The normalized spacial score (nSPS) is 15.6. The zero-order valence-electron chi connectivity index (χ0n) is 19.8. The van der Waals surface area contributed by atoms with Gasteiger partial charge in [-0.1, -0.05) is 44.9 Å². The second-order valence-electron chi connectivity index (χ2n) is 8.98. The largest absolute Gasteiger partial charge is 0.335 e. The van der Waals surface area contributed by atoms with Crippen molar-refractivity contribution in [2.45, 2.75) is 82.7 Å². The van der Waals surface area contributed by atoms with Crippen LogP contribution in [-0.2, 0) is 18.4 Å². The van der Waals surface area contributed by atoms with E-state index in [9.17, 15) is 19.2 Å². The first-order valence-electron chi connectivity index (χ1n) is 11.3. The van der Waals surface area contributed by atoms with Gasteiger partial charge in [-0.25, -0.2) is 19.6 Å². The van der Waals surface area contributed by atoms with Crippen molar-refractivity contribution in [1.82, 2.24) is 29.7 Å². The number of amides is 3. The van der Waals surface area contributed by atoms with Crippen molar-refractivity contribution < 1.29 is 9.59 Å². The zero-order valence-corrected chi connectivity index (χ0v) is 20.6. The molecule has 2 aromatic rings. The van der Waals surface area contributed by atoms with Gasteiger partial charge in [0.15, 0.2) is 5.65 Å². The standard InChI is InChI=1S/C22H32N6O4S/c1-12(2)11-28-17-16(20(30)27(5)22(28)32)19(24-14(4)23-17)33-13(3)18(29)26-21(31)25-15-9-7-6-8-10-15/h12-13,15H,6-11H2,1-5H3,(H2,25,26,29,31)/t13-/m0/s1. The molecular weight excluding hydrogens is 444 g/mol. The Morgan fingerprint density at radius 2 is 1.79 bits per heavy atom. The van der Waals surface area contributed by atoms with Crippen LogP contribution in [0.3, 0.4) is 0 Å². The van der Waals surface area contributed by atoms with Crippen LogP contribution in [0, 0.1) is 12.8 Å². The third kappa shape index (κ3) is 5.82. The van der Waals surface area contributed by atoms with Gasteiger partial charge in [0.2, 0.25) is 5.91 Å². The number of aryl methyl sites for hydroxylation is 1. The van der Waals surface area contributed by atoms with Crippen LogP contribution in [0.15, 0.2) is 14.6 Å². The first-order valence-corrected chi connectivity index (χ1v) is 12.2. The van der Waals surface area contributed by atoms with Crippen molar-refractivity contribution in [3.05, 3.63) is 26.7 Å². The molecule has 0 unspecified atom stereocenters. The van der Waals surface area contributed by atoms with Gasteiger partial charge < -0.3 is 5.32 Å². The third-order valence-corrected chi connectivity index (χ3v) is 6.73. The fourth-order valence-corrected chi connectivity index (χ4v) is 4.94. The molecule has 0 aromatic carbocycles. The highest BCUT2D eigenvalue weighted by atomic mass is 32.2. The topological polar surface area (TPSA) is 128 Å². The number of imide groups is 1.